The molecule has 2 aromatic heterocycles. The quantitative estimate of drug-likeness (QED) is 0.338. The lowest BCUT2D eigenvalue weighted by atomic mass is 10.1. The van der Waals surface area contributed by atoms with Crippen molar-refractivity contribution in [1.29, 1.82) is 0 Å². The van der Waals surface area contributed by atoms with Gasteiger partial charge in [0.2, 0.25) is 0 Å². The number of esters is 1. The number of benzene rings is 2. The fraction of sp³-hybridized carbons (Fsp3) is 0.292. The molecule has 0 aliphatic heterocycles. The third-order valence-electron chi connectivity index (χ3n) is 5.47. The fourth-order valence-electron chi connectivity index (χ4n) is 3.92. The molecule has 0 saturated carbocycles. The van der Waals surface area contributed by atoms with Crippen molar-refractivity contribution in [3.05, 3.63) is 64.6 Å². The third-order valence-corrected chi connectivity index (χ3v) is 5.47. The average Bonchev–Trinajstić information content (AvgIpc) is 3.20. The zero-order chi connectivity index (χ0) is 22.7. The maximum absolute atomic E-state index is 13.6. The maximum atomic E-state index is 13.6. The van der Waals surface area contributed by atoms with Gasteiger partial charge in [-0.25, -0.2) is 9.78 Å². The number of hydrogen-bond donors (Lipinski definition) is 1. The molecule has 166 valence electrons. The molecule has 0 aliphatic rings. The van der Waals surface area contributed by atoms with Gasteiger partial charge in [-0.3, -0.25) is 4.79 Å². The summed E-state index contributed by atoms with van der Waals surface area (Å²) in [6.45, 7) is 4.27. The summed E-state index contributed by atoms with van der Waals surface area (Å²) in [7, 11) is 1.32. The Kier molecular flexibility index (Phi) is 6.34. The predicted molar refractivity (Wildman–Crippen MR) is 124 cm³/mol. The summed E-state index contributed by atoms with van der Waals surface area (Å²) in [4.78, 5) is 30.4. The molecule has 0 spiro atoms. The van der Waals surface area contributed by atoms with Gasteiger partial charge >= 0.3 is 5.97 Å². The number of carbonyl (C=O) groups excluding carboxylic acids is 1. The first-order valence-corrected chi connectivity index (χ1v) is 10.6. The largest absolute Gasteiger partial charge is 0.465 e. The Morgan fingerprint density at radius 1 is 1.12 bits per heavy atom. The second kappa shape index (κ2) is 9.33. The van der Waals surface area contributed by atoms with Crippen molar-refractivity contribution in [2.24, 2.45) is 5.73 Å². The van der Waals surface area contributed by atoms with Gasteiger partial charge < -0.3 is 24.3 Å². The molecular weight excluding hydrogens is 408 g/mol. The van der Waals surface area contributed by atoms with Crippen LogP contribution >= 0.6 is 0 Å². The van der Waals surface area contributed by atoms with Gasteiger partial charge in [-0.15, -0.1) is 0 Å². The lowest BCUT2D eigenvalue weighted by Gasteiger charge is -2.13. The predicted octanol–water partition coefficient (Wildman–Crippen LogP) is 2.80. The number of aryl methyl sites for hydroxylation is 1. The monoisotopic (exact) mass is 434 g/mol. The number of fused-ring (bicyclic) bond motifs is 2. The molecule has 0 saturated heterocycles. The maximum Gasteiger partial charge on any atom is 0.337 e. The second-order valence-electron chi connectivity index (χ2n) is 7.36. The Hall–Kier alpha value is -3.49. The van der Waals surface area contributed by atoms with E-state index in [9.17, 15) is 9.59 Å². The van der Waals surface area contributed by atoms with Crippen molar-refractivity contribution in [3.63, 3.8) is 0 Å². The van der Waals surface area contributed by atoms with E-state index in [1.807, 2.05) is 30.5 Å². The van der Waals surface area contributed by atoms with Gasteiger partial charge in [0, 0.05) is 42.3 Å². The van der Waals surface area contributed by atoms with E-state index in [1.54, 1.807) is 22.8 Å². The summed E-state index contributed by atoms with van der Waals surface area (Å²) in [6, 6.07) is 13.0. The Labute approximate surface area is 185 Å². The highest BCUT2D eigenvalue weighted by molar-refractivity contribution is 5.97. The van der Waals surface area contributed by atoms with Gasteiger partial charge in [0.15, 0.2) is 0 Å². The summed E-state index contributed by atoms with van der Waals surface area (Å²) in [5, 5.41) is 0.968. The van der Waals surface area contributed by atoms with Crippen LogP contribution in [0.3, 0.4) is 0 Å². The molecule has 2 aromatic carbocycles. The smallest absolute Gasteiger partial charge is 0.337 e. The van der Waals surface area contributed by atoms with Crippen LogP contribution in [0.25, 0.3) is 33.2 Å². The highest BCUT2D eigenvalue weighted by Gasteiger charge is 2.19. The molecule has 4 rings (SSSR count). The van der Waals surface area contributed by atoms with Gasteiger partial charge in [-0.05, 0) is 31.2 Å². The summed E-state index contributed by atoms with van der Waals surface area (Å²) >= 11 is 0. The first-order valence-electron chi connectivity index (χ1n) is 10.6. The van der Waals surface area contributed by atoms with Crippen molar-refractivity contribution < 1.29 is 14.3 Å². The highest BCUT2D eigenvalue weighted by Crippen LogP contribution is 2.29. The molecule has 8 nitrogen and oxygen atoms in total. The number of hydrogen-bond acceptors (Lipinski definition) is 6. The molecule has 2 N–H and O–H groups in total. The van der Waals surface area contributed by atoms with Crippen LogP contribution in [0.4, 0.5) is 0 Å². The second-order valence-corrected chi connectivity index (χ2v) is 7.36. The molecule has 0 amide bonds. The third kappa shape index (κ3) is 3.90. The zero-order valence-electron chi connectivity index (χ0n) is 18.2. The molecule has 0 aliphatic carbocycles. The van der Waals surface area contributed by atoms with E-state index in [0.29, 0.717) is 48.6 Å². The van der Waals surface area contributed by atoms with E-state index in [-0.39, 0.29) is 5.56 Å². The summed E-state index contributed by atoms with van der Waals surface area (Å²) in [6.07, 6.45) is 1.97. The Morgan fingerprint density at radius 3 is 2.69 bits per heavy atom. The number of carbonyl (C=O) groups is 1. The van der Waals surface area contributed by atoms with Crippen LogP contribution in [-0.2, 0) is 22.6 Å². The van der Waals surface area contributed by atoms with Crippen LogP contribution in [0.5, 0.6) is 0 Å². The standard InChI is InChI=1S/C24H26N4O4/c1-3-27-15-18(17-6-4-5-7-20(17)27)22-23(29)28(11-13-32-12-10-25)21-14-16(24(30)31-2)8-9-19(21)26-22/h4-9,14-15H,3,10-13,25H2,1-2H3. The van der Waals surface area contributed by atoms with Crippen LogP contribution in [0.2, 0.25) is 0 Å². The van der Waals surface area contributed by atoms with Crippen molar-refractivity contribution in [1.82, 2.24) is 14.1 Å². The van der Waals surface area contributed by atoms with Crippen LogP contribution in [0, 0.1) is 0 Å². The minimum Gasteiger partial charge on any atom is -0.465 e. The lowest BCUT2D eigenvalue weighted by Crippen LogP contribution is -2.26. The molecule has 0 unspecified atom stereocenters. The van der Waals surface area contributed by atoms with E-state index in [4.69, 9.17) is 20.2 Å². The molecule has 0 radical (unpaired) electrons. The average molecular weight is 434 g/mol. The molecule has 2 heterocycles. The van der Waals surface area contributed by atoms with Crippen molar-refractivity contribution in [2.45, 2.75) is 20.0 Å². The van der Waals surface area contributed by atoms with Crippen LogP contribution < -0.4 is 11.3 Å². The van der Waals surface area contributed by atoms with E-state index < -0.39 is 5.97 Å². The SMILES string of the molecule is CCn1cc(-c2nc3ccc(C(=O)OC)cc3n(CCOCCN)c2=O)c2ccccc21. The first-order chi connectivity index (χ1) is 15.6. The first kappa shape index (κ1) is 21.7. The number of rotatable bonds is 8. The number of para-hydroxylation sites is 1. The van der Waals surface area contributed by atoms with Crippen molar-refractivity contribution in [2.75, 3.05) is 26.9 Å². The van der Waals surface area contributed by atoms with E-state index >= 15 is 0 Å². The molecule has 0 fully saturated rings. The number of nitrogens with two attached hydrogens (primary N) is 1. The number of methoxy groups -OCH3 is 1. The lowest BCUT2D eigenvalue weighted by molar-refractivity contribution is 0.0601. The minimum absolute atomic E-state index is 0.241. The summed E-state index contributed by atoms with van der Waals surface area (Å²) < 4.78 is 14.1. The number of ether oxygens (including phenoxy) is 2. The highest BCUT2D eigenvalue weighted by atomic mass is 16.5. The van der Waals surface area contributed by atoms with Crippen LogP contribution in [0.1, 0.15) is 17.3 Å². The van der Waals surface area contributed by atoms with E-state index in [1.165, 1.54) is 7.11 Å². The van der Waals surface area contributed by atoms with Gasteiger partial charge in [0.25, 0.3) is 5.56 Å². The molecule has 8 heteroatoms. The molecule has 32 heavy (non-hydrogen) atoms. The van der Waals surface area contributed by atoms with Crippen LogP contribution in [0.15, 0.2) is 53.5 Å². The van der Waals surface area contributed by atoms with Gasteiger partial charge in [-0.1, -0.05) is 18.2 Å². The van der Waals surface area contributed by atoms with Gasteiger partial charge in [0.05, 0.1) is 36.9 Å². The molecular formula is C24H26N4O4. The fourth-order valence-corrected chi connectivity index (χ4v) is 3.92. The van der Waals surface area contributed by atoms with E-state index in [2.05, 4.69) is 11.5 Å². The van der Waals surface area contributed by atoms with Gasteiger partial charge in [-0.2, -0.15) is 0 Å². The zero-order valence-corrected chi connectivity index (χ0v) is 18.2. The van der Waals surface area contributed by atoms with Crippen molar-refractivity contribution in [3.8, 4) is 11.3 Å². The number of aromatic nitrogens is 3. The van der Waals surface area contributed by atoms with Crippen LogP contribution in [-0.4, -0.2) is 47.0 Å². The normalized spacial score (nSPS) is 11.3. The Bertz CT molecular complexity index is 1340. The molecule has 4 aromatic rings. The minimum atomic E-state index is -0.472. The molecule has 0 bridgehead atoms. The van der Waals surface area contributed by atoms with Crippen molar-refractivity contribution >= 4 is 27.9 Å². The van der Waals surface area contributed by atoms with E-state index in [0.717, 1.165) is 23.0 Å². The summed E-state index contributed by atoms with van der Waals surface area (Å²) in [5.41, 5.74) is 8.98. The van der Waals surface area contributed by atoms with Gasteiger partial charge in [0.1, 0.15) is 5.69 Å². The molecule has 0 atom stereocenters. The Balaban J connectivity index is 1.94. The number of nitrogens with zero attached hydrogens (tertiary/aromatic N) is 3. The topological polar surface area (TPSA) is 101 Å². The summed E-state index contributed by atoms with van der Waals surface area (Å²) in [5.74, 6) is -0.472. The Morgan fingerprint density at radius 2 is 1.94 bits per heavy atom.